The molecule has 2 N–H and O–H groups in total. The summed E-state index contributed by atoms with van der Waals surface area (Å²) in [6, 6.07) is 6.70. The van der Waals surface area contributed by atoms with Gasteiger partial charge in [-0.3, -0.25) is 0 Å². The predicted octanol–water partition coefficient (Wildman–Crippen LogP) is 2.57. The zero-order valence-electron chi connectivity index (χ0n) is 12.4. The van der Waals surface area contributed by atoms with Crippen LogP contribution in [0.25, 0.3) is 5.57 Å². The predicted molar refractivity (Wildman–Crippen MR) is 77.6 cm³/mol. The van der Waals surface area contributed by atoms with E-state index in [0.29, 0.717) is 16.9 Å². The van der Waals surface area contributed by atoms with Gasteiger partial charge in [0.05, 0.1) is 12.7 Å². The number of aliphatic hydroxyl groups is 2. The quantitative estimate of drug-likeness (QED) is 0.837. The van der Waals surface area contributed by atoms with Gasteiger partial charge in [0.1, 0.15) is 11.3 Å². The van der Waals surface area contributed by atoms with E-state index in [-0.39, 0.29) is 17.1 Å². The van der Waals surface area contributed by atoms with E-state index in [1.54, 1.807) is 52.1 Å². The van der Waals surface area contributed by atoms with E-state index in [1.807, 2.05) is 0 Å². The Kier molecular flexibility index (Phi) is 3.78. The maximum absolute atomic E-state index is 12.0. The standard InChI is InChI=1S/C16H18O5/c1-9(16(2,3)19)14-13(17)12(15(18)21-14)10-5-7-11(20-4)8-6-10/h5-8,17,19H,1-4H3/b14-9+. The number of hydrogen-bond donors (Lipinski definition) is 2. The van der Waals surface area contributed by atoms with E-state index in [9.17, 15) is 15.0 Å². The lowest BCUT2D eigenvalue weighted by molar-refractivity contribution is -0.131. The second-order valence-electron chi connectivity index (χ2n) is 5.35. The molecule has 0 aliphatic carbocycles. The van der Waals surface area contributed by atoms with Crippen LogP contribution in [0, 0.1) is 0 Å². The van der Waals surface area contributed by atoms with E-state index < -0.39 is 11.6 Å². The fraction of sp³-hybridized carbons (Fsp3) is 0.312. The Morgan fingerprint density at radius 1 is 1.24 bits per heavy atom. The molecule has 1 aromatic carbocycles. The van der Waals surface area contributed by atoms with Crippen LogP contribution in [0.15, 0.2) is 41.4 Å². The number of aliphatic hydroxyl groups excluding tert-OH is 1. The van der Waals surface area contributed by atoms with Crippen molar-refractivity contribution in [3.8, 4) is 5.75 Å². The van der Waals surface area contributed by atoms with Crippen LogP contribution in [0.4, 0.5) is 0 Å². The maximum Gasteiger partial charge on any atom is 0.348 e. The smallest absolute Gasteiger partial charge is 0.348 e. The molecule has 21 heavy (non-hydrogen) atoms. The molecule has 0 bridgehead atoms. The van der Waals surface area contributed by atoms with Crippen molar-refractivity contribution in [2.24, 2.45) is 0 Å². The van der Waals surface area contributed by atoms with E-state index in [0.717, 1.165) is 0 Å². The molecular formula is C16H18O5. The van der Waals surface area contributed by atoms with Crippen LogP contribution in [0.2, 0.25) is 0 Å². The molecule has 1 aromatic rings. The van der Waals surface area contributed by atoms with Gasteiger partial charge in [0.15, 0.2) is 11.5 Å². The zero-order valence-corrected chi connectivity index (χ0v) is 12.4. The summed E-state index contributed by atoms with van der Waals surface area (Å²) in [7, 11) is 1.54. The summed E-state index contributed by atoms with van der Waals surface area (Å²) in [5, 5.41) is 20.2. The Labute approximate surface area is 123 Å². The summed E-state index contributed by atoms with van der Waals surface area (Å²) in [6.07, 6.45) is 0. The minimum Gasteiger partial charge on any atom is -0.504 e. The molecule has 0 saturated carbocycles. The third-order valence-electron chi connectivity index (χ3n) is 3.49. The molecule has 5 nitrogen and oxygen atoms in total. The first-order valence-electron chi connectivity index (χ1n) is 6.49. The Balaban J connectivity index is 2.51. The van der Waals surface area contributed by atoms with Crippen molar-refractivity contribution >= 4 is 11.5 Å². The van der Waals surface area contributed by atoms with Crippen molar-refractivity contribution in [3.63, 3.8) is 0 Å². The molecule has 1 aliphatic heterocycles. The van der Waals surface area contributed by atoms with Crippen LogP contribution < -0.4 is 4.74 Å². The fourth-order valence-electron chi connectivity index (χ4n) is 1.95. The number of cyclic esters (lactones) is 1. The summed E-state index contributed by atoms with van der Waals surface area (Å²) in [6.45, 7) is 4.72. The molecule has 0 atom stereocenters. The summed E-state index contributed by atoms with van der Waals surface area (Å²) in [5.74, 6) is -0.243. The van der Waals surface area contributed by atoms with E-state index >= 15 is 0 Å². The van der Waals surface area contributed by atoms with Crippen LogP contribution >= 0.6 is 0 Å². The van der Waals surface area contributed by atoms with Crippen molar-refractivity contribution < 1.29 is 24.5 Å². The fourth-order valence-corrected chi connectivity index (χ4v) is 1.95. The molecule has 0 amide bonds. The molecule has 1 heterocycles. The summed E-state index contributed by atoms with van der Waals surface area (Å²) < 4.78 is 10.2. The number of carbonyl (C=O) groups excluding carboxylic acids is 1. The number of methoxy groups -OCH3 is 1. The number of carbonyl (C=O) groups is 1. The largest absolute Gasteiger partial charge is 0.504 e. The topological polar surface area (TPSA) is 76.0 Å². The number of benzene rings is 1. The minimum atomic E-state index is -1.20. The average molecular weight is 290 g/mol. The molecule has 2 rings (SSSR count). The van der Waals surface area contributed by atoms with Crippen LogP contribution in [-0.2, 0) is 9.53 Å². The molecule has 0 fully saturated rings. The zero-order chi connectivity index (χ0) is 15.8. The molecule has 1 aliphatic rings. The van der Waals surface area contributed by atoms with Gasteiger partial charge < -0.3 is 19.7 Å². The van der Waals surface area contributed by atoms with E-state index in [2.05, 4.69) is 0 Å². The van der Waals surface area contributed by atoms with Crippen LogP contribution in [0.1, 0.15) is 26.3 Å². The monoisotopic (exact) mass is 290 g/mol. The van der Waals surface area contributed by atoms with Crippen LogP contribution in [0.5, 0.6) is 5.75 Å². The Hall–Kier alpha value is -2.27. The lowest BCUT2D eigenvalue weighted by Crippen LogP contribution is -2.22. The Morgan fingerprint density at radius 2 is 1.81 bits per heavy atom. The molecule has 0 radical (unpaired) electrons. The normalized spacial score (nSPS) is 17.9. The first kappa shape index (κ1) is 15.1. The Bertz CT molecular complexity index is 630. The maximum atomic E-state index is 12.0. The lowest BCUT2D eigenvalue weighted by Gasteiger charge is -2.19. The molecule has 0 saturated heterocycles. The van der Waals surface area contributed by atoms with Crippen molar-refractivity contribution in [1.82, 2.24) is 0 Å². The van der Waals surface area contributed by atoms with Gasteiger partial charge >= 0.3 is 5.97 Å². The molecule has 0 spiro atoms. The first-order chi connectivity index (χ1) is 9.75. The van der Waals surface area contributed by atoms with Gasteiger partial charge in [-0.05, 0) is 38.5 Å². The van der Waals surface area contributed by atoms with Crippen LogP contribution in [0.3, 0.4) is 0 Å². The minimum absolute atomic E-state index is 0.0123. The Morgan fingerprint density at radius 3 is 2.29 bits per heavy atom. The highest BCUT2D eigenvalue weighted by Crippen LogP contribution is 2.36. The SMILES string of the molecule is COc1ccc(C2=C(O)/C(=C(/C)C(C)(C)O)OC2=O)cc1. The summed E-state index contributed by atoms with van der Waals surface area (Å²) >= 11 is 0. The van der Waals surface area contributed by atoms with Gasteiger partial charge in [0, 0.05) is 5.57 Å². The number of rotatable bonds is 3. The molecule has 0 unspecified atom stereocenters. The van der Waals surface area contributed by atoms with Crippen LogP contribution in [-0.4, -0.2) is 28.9 Å². The van der Waals surface area contributed by atoms with Gasteiger partial charge in [-0.25, -0.2) is 4.79 Å². The first-order valence-corrected chi connectivity index (χ1v) is 6.49. The third-order valence-corrected chi connectivity index (χ3v) is 3.49. The summed E-state index contributed by atoms with van der Waals surface area (Å²) in [4.78, 5) is 12.0. The van der Waals surface area contributed by atoms with Gasteiger partial charge in [-0.1, -0.05) is 12.1 Å². The number of hydrogen-bond acceptors (Lipinski definition) is 5. The number of esters is 1. The second-order valence-corrected chi connectivity index (χ2v) is 5.35. The average Bonchev–Trinajstić information content (AvgIpc) is 2.72. The number of ether oxygens (including phenoxy) is 2. The summed E-state index contributed by atoms with van der Waals surface area (Å²) in [5.41, 5.74) is -0.205. The highest BCUT2D eigenvalue weighted by Gasteiger charge is 2.35. The van der Waals surface area contributed by atoms with Gasteiger partial charge in [0.2, 0.25) is 0 Å². The van der Waals surface area contributed by atoms with E-state index in [1.165, 1.54) is 0 Å². The molecule has 5 heteroatoms. The van der Waals surface area contributed by atoms with Crippen molar-refractivity contribution in [2.75, 3.05) is 7.11 Å². The van der Waals surface area contributed by atoms with E-state index in [4.69, 9.17) is 9.47 Å². The second kappa shape index (κ2) is 5.26. The molecule has 112 valence electrons. The van der Waals surface area contributed by atoms with Crippen molar-refractivity contribution in [2.45, 2.75) is 26.4 Å². The molecular weight excluding hydrogens is 272 g/mol. The highest BCUT2D eigenvalue weighted by molar-refractivity contribution is 6.20. The third kappa shape index (κ3) is 2.78. The lowest BCUT2D eigenvalue weighted by atomic mass is 9.97. The highest BCUT2D eigenvalue weighted by atomic mass is 16.6. The van der Waals surface area contributed by atoms with Gasteiger partial charge in [-0.15, -0.1) is 0 Å². The van der Waals surface area contributed by atoms with Crippen molar-refractivity contribution in [1.29, 1.82) is 0 Å². The van der Waals surface area contributed by atoms with Crippen molar-refractivity contribution in [3.05, 3.63) is 46.9 Å². The van der Waals surface area contributed by atoms with Gasteiger partial charge in [0.25, 0.3) is 0 Å². The van der Waals surface area contributed by atoms with Gasteiger partial charge in [-0.2, -0.15) is 0 Å². The molecule has 0 aromatic heterocycles.